The fourth-order valence-corrected chi connectivity index (χ4v) is 4.64. The molecule has 0 N–H and O–H groups in total. The fourth-order valence-electron chi connectivity index (χ4n) is 4.30. The highest BCUT2D eigenvalue weighted by Gasteiger charge is 2.06. The van der Waals surface area contributed by atoms with Crippen LogP contribution in [-0.2, 0) is 12.8 Å². The first-order valence-corrected chi connectivity index (χ1v) is 12.1. The predicted octanol–water partition coefficient (Wildman–Crippen LogP) is 7.37. The molecular formula is C27H29Cl2N3. The molecule has 0 aliphatic carbocycles. The van der Waals surface area contributed by atoms with E-state index >= 15 is 0 Å². The average Bonchev–Trinajstić information content (AvgIpc) is 2.79. The summed E-state index contributed by atoms with van der Waals surface area (Å²) in [5.74, 6) is 0. The minimum Gasteiger partial charge on any atom is -0.306 e. The quantitative estimate of drug-likeness (QED) is 0.229. The SMILES string of the molecule is CN(CCCCc1ccnc2cc(Cl)ccc12)CCCCc1ccnc2cc(Cl)ccc12. The van der Waals surface area contributed by atoms with Crippen LogP contribution in [0.2, 0.25) is 10.0 Å². The van der Waals surface area contributed by atoms with E-state index in [1.54, 1.807) is 0 Å². The molecule has 0 spiro atoms. The second-order valence-electron chi connectivity index (χ2n) is 8.48. The van der Waals surface area contributed by atoms with Crippen molar-refractivity contribution in [2.24, 2.45) is 0 Å². The second-order valence-corrected chi connectivity index (χ2v) is 9.35. The van der Waals surface area contributed by atoms with Gasteiger partial charge in [0.05, 0.1) is 11.0 Å². The van der Waals surface area contributed by atoms with E-state index in [1.165, 1.54) is 47.6 Å². The number of benzene rings is 2. The largest absolute Gasteiger partial charge is 0.306 e. The molecule has 0 fully saturated rings. The van der Waals surface area contributed by atoms with Gasteiger partial charge in [-0.05, 0) is 106 Å². The van der Waals surface area contributed by atoms with Crippen molar-refractivity contribution in [3.63, 3.8) is 0 Å². The second kappa shape index (κ2) is 11.1. The lowest BCUT2D eigenvalue weighted by Crippen LogP contribution is -2.21. The monoisotopic (exact) mass is 465 g/mol. The summed E-state index contributed by atoms with van der Waals surface area (Å²) in [6.07, 6.45) is 10.7. The number of pyridine rings is 2. The van der Waals surface area contributed by atoms with Crippen LogP contribution in [0.15, 0.2) is 60.9 Å². The Morgan fingerprint density at radius 1 is 0.656 bits per heavy atom. The molecule has 0 saturated heterocycles. The van der Waals surface area contributed by atoms with E-state index in [4.69, 9.17) is 23.2 Å². The maximum absolute atomic E-state index is 6.10. The van der Waals surface area contributed by atoms with E-state index in [2.05, 4.69) is 46.2 Å². The summed E-state index contributed by atoms with van der Waals surface area (Å²) in [4.78, 5) is 11.3. The van der Waals surface area contributed by atoms with Gasteiger partial charge < -0.3 is 4.90 Å². The van der Waals surface area contributed by atoms with Gasteiger partial charge in [-0.2, -0.15) is 0 Å². The van der Waals surface area contributed by atoms with Crippen LogP contribution in [0.4, 0.5) is 0 Å². The van der Waals surface area contributed by atoms with Crippen molar-refractivity contribution < 1.29 is 0 Å². The van der Waals surface area contributed by atoms with Gasteiger partial charge in [0.25, 0.3) is 0 Å². The minimum atomic E-state index is 0.741. The zero-order valence-corrected chi connectivity index (χ0v) is 20.0. The summed E-state index contributed by atoms with van der Waals surface area (Å²) in [6.45, 7) is 2.26. The van der Waals surface area contributed by atoms with E-state index in [-0.39, 0.29) is 0 Å². The number of fused-ring (bicyclic) bond motifs is 2. The Hall–Kier alpha value is -2.20. The Morgan fingerprint density at radius 3 is 1.59 bits per heavy atom. The molecule has 166 valence electrons. The topological polar surface area (TPSA) is 29.0 Å². The van der Waals surface area contributed by atoms with Gasteiger partial charge in [0.1, 0.15) is 0 Å². The Labute approximate surface area is 200 Å². The lowest BCUT2D eigenvalue weighted by molar-refractivity contribution is 0.318. The Kier molecular flexibility index (Phi) is 7.96. The third-order valence-electron chi connectivity index (χ3n) is 6.06. The minimum absolute atomic E-state index is 0.741. The molecule has 2 aromatic heterocycles. The molecule has 32 heavy (non-hydrogen) atoms. The van der Waals surface area contributed by atoms with Crippen molar-refractivity contribution in [2.75, 3.05) is 20.1 Å². The fraction of sp³-hybridized carbons (Fsp3) is 0.333. The Balaban J connectivity index is 1.18. The van der Waals surface area contributed by atoms with Crippen LogP contribution in [0.5, 0.6) is 0 Å². The third-order valence-corrected chi connectivity index (χ3v) is 6.53. The van der Waals surface area contributed by atoms with Gasteiger partial charge in [0.15, 0.2) is 0 Å². The van der Waals surface area contributed by atoms with Crippen LogP contribution in [0.25, 0.3) is 21.8 Å². The highest BCUT2D eigenvalue weighted by atomic mass is 35.5. The first-order chi connectivity index (χ1) is 15.6. The predicted molar refractivity (Wildman–Crippen MR) is 137 cm³/mol. The lowest BCUT2D eigenvalue weighted by Gasteiger charge is -2.16. The van der Waals surface area contributed by atoms with E-state index in [0.29, 0.717) is 0 Å². The van der Waals surface area contributed by atoms with Crippen molar-refractivity contribution in [3.8, 4) is 0 Å². The first-order valence-electron chi connectivity index (χ1n) is 11.3. The van der Waals surface area contributed by atoms with E-state index in [0.717, 1.165) is 47.0 Å². The van der Waals surface area contributed by atoms with Gasteiger partial charge in [0.2, 0.25) is 0 Å². The molecular weight excluding hydrogens is 437 g/mol. The van der Waals surface area contributed by atoms with E-state index < -0.39 is 0 Å². The molecule has 2 heterocycles. The summed E-state index contributed by atoms with van der Waals surface area (Å²) in [7, 11) is 2.23. The Morgan fingerprint density at radius 2 is 1.12 bits per heavy atom. The molecule has 0 aliphatic heterocycles. The van der Waals surface area contributed by atoms with Crippen LogP contribution < -0.4 is 0 Å². The molecule has 3 nitrogen and oxygen atoms in total. The van der Waals surface area contributed by atoms with Crippen molar-refractivity contribution >= 4 is 45.0 Å². The van der Waals surface area contributed by atoms with Crippen LogP contribution in [0, 0.1) is 0 Å². The number of aryl methyl sites for hydroxylation is 2. The van der Waals surface area contributed by atoms with Gasteiger partial charge in [-0.3, -0.25) is 9.97 Å². The summed E-state index contributed by atoms with van der Waals surface area (Å²) >= 11 is 12.2. The zero-order valence-electron chi connectivity index (χ0n) is 18.5. The number of rotatable bonds is 10. The molecule has 2 aromatic carbocycles. The molecule has 0 atom stereocenters. The average molecular weight is 466 g/mol. The summed E-state index contributed by atoms with van der Waals surface area (Å²) in [5, 5.41) is 3.92. The van der Waals surface area contributed by atoms with Crippen LogP contribution >= 0.6 is 23.2 Å². The first kappa shape index (κ1) is 23.0. The third kappa shape index (κ3) is 5.98. The number of halogens is 2. The van der Waals surface area contributed by atoms with Crippen molar-refractivity contribution in [1.82, 2.24) is 14.9 Å². The van der Waals surface area contributed by atoms with E-state index in [9.17, 15) is 0 Å². The number of unbranched alkanes of at least 4 members (excludes halogenated alkanes) is 2. The van der Waals surface area contributed by atoms with Crippen molar-refractivity contribution in [3.05, 3.63) is 82.1 Å². The maximum Gasteiger partial charge on any atom is 0.0719 e. The van der Waals surface area contributed by atoms with Gasteiger partial charge in [-0.15, -0.1) is 0 Å². The van der Waals surface area contributed by atoms with E-state index in [1.807, 2.05) is 36.7 Å². The van der Waals surface area contributed by atoms with Crippen molar-refractivity contribution in [1.29, 1.82) is 0 Å². The van der Waals surface area contributed by atoms with Gasteiger partial charge in [0, 0.05) is 33.2 Å². The zero-order chi connectivity index (χ0) is 22.3. The number of aromatic nitrogens is 2. The Bertz CT molecular complexity index is 1100. The molecule has 4 aromatic rings. The molecule has 0 aliphatic rings. The summed E-state index contributed by atoms with van der Waals surface area (Å²) < 4.78 is 0. The van der Waals surface area contributed by atoms with Gasteiger partial charge in [-0.1, -0.05) is 35.3 Å². The lowest BCUT2D eigenvalue weighted by atomic mass is 10.0. The summed E-state index contributed by atoms with van der Waals surface area (Å²) in [5.41, 5.74) is 4.69. The summed E-state index contributed by atoms with van der Waals surface area (Å²) in [6, 6.07) is 16.2. The van der Waals surface area contributed by atoms with Crippen LogP contribution in [0.1, 0.15) is 36.8 Å². The normalized spacial score (nSPS) is 11.6. The molecule has 0 bridgehead atoms. The molecule has 0 amide bonds. The van der Waals surface area contributed by atoms with Gasteiger partial charge in [-0.25, -0.2) is 0 Å². The number of hydrogen-bond donors (Lipinski definition) is 0. The highest BCUT2D eigenvalue weighted by Crippen LogP contribution is 2.23. The molecule has 5 heteroatoms. The molecule has 4 rings (SSSR count). The number of nitrogens with zero attached hydrogens (tertiary/aromatic N) is 3. The van der Waals surface area contributed by atoms with Crippen LogP contribution in [0.3, 0.4) is 0 Å². The molecule has 0 unspecified atom stereocenters. The standard InChI is InChI=1S/C27H29Cl2N3/c1-32(16-4-2-6-20-12-14-30-26-18-22(28)8-10-24(20)26)17-5-3-7-21-13-15-31-27-19-23(29)9-11-25(21)27/h8-15,18-19H,2-7,16-17H2,1H3. The number of hydrogen-bond acceptors (Lipinski definition) is 3. The maximum atomic E-state index is 6.10. The van der Waals surface area contributed by atoms with Crippen molar-refractivity contribution in [2.45, 2.75) is 38.5 Å². The molecule has 0 saturated carbocycles. The highest BCUT2D eigenvalue weighted by molar-refractivity contribution is 6.31. The van der Waals surface area contributed by atoms with Crippen LogP contribution in [-0.4, -0.2) is 35.0 Å². The molecule has 0 radical (unpaired) electrons. The van der Waals surface area contributed by atoms with Gasteiger partial charge >= 0.3 is 0 Å². The smallest absolute Gasteiger partial charge is 0.0719 e.